The van der Waals surface area contributed by atoms with Gasteiger partial charge in [0.1, 0.15) is 28.5 Å². The summed E-state index contributed by atoms with van der Waals surface area (Å²) in [5.74, 6) is -3.17. The Morgan fingerprint density at radius 1 is 0.981 bits per heavy atom. The van der Waals surface area contributed by atoms with Crippen molar-refractivity contribution in [1.29, 1.82) is 0 Å². The van der Waals surface area contributed by atoms with Gasteiger partial charge in [0.25, 0.3) is 11.9 Å². The highest BCUT2D eigenvalue weighted by atomic mass is 19.1. The predicted octanol–water partition coefficient (Wildman–Crippen LogP) is 6.71. The van der Waals surface area contributed by atoms with Gasteiger partial charge < -0.3 is 34.5 Å². The number of piperidine rings is 2. The molecular weight excluding hydrogens is 707 g/mol. The quantitative estimate of drug-likeness (QED) is 0.169. The van der Waals surface area contributed by atoms with Crippen LogP contribution in [0.15, 0.2) is 42.7 Å². The highest BCUT2D eigenvalue weighted by Crippen LogP contribution is 2.40. The molecule has 16 heteroatoms. The summed E-state index contributed by atoms with van der Waals surface area (Å²) < 4.78 is 68.5. The minimum Gasteiger partial charge on any atom is -0.497 e. The zero-order chi connectivity index (χ0) is 38.8. The molecule has 0 unspecified atom stereocenters. The number of rotatable bonds is 11. The zero-order valence-electron chi connectivity index (χ0n) is 30.9. The summed E-state index contributed by atoms with van der Waals surface area (Å²) in [6, 6.07) is 7.37. The molecule has 1 saturated carbocycles. The largest absolute Gasteiger partial charge is 0.497 e. The Morgan fingerprint density at radius 2 is 1.74 bits per heavy atom. The first kappa shape index (κ1) is 38.1. The van der Waals surface area contributed by atoms with Gasteiger partial charge in [0.2, 0.25) is 5.88 Å². The Kier molecular flexibility index (Phi) is 10.8. The highest BCUT2D eigenvalue weighted by Gasteiger charge is 2.48. The fourth-order valence-electron chi connectivity index (χ4n) is 6.68. The number of pyridine rings is 2. The lowest BCUT2D eigenvalue weighted by Gasteiger charge is -2.52. The van der Waals surface area contributed by atoms with Crippen LogP contribution in [-0.4, -0.2) is 81.4 Å². The van der Waals surface area contributed by atoms with E-state index in [0.29, 0.717) is 42.7 Å². The van der Waals surface area contributed by atoms with E-state index in [1.165, 1.54) is 26.5 Å². The van der Waals surface area contributed by atoms with Crippen LogP contribution in [0.5, 0.6) is 17.4 Å². The molecular formula is C38H42F3N7O6. The number of ether oxygens (including phenoxy) is 4. The minimum absolute atomic E-state index is 0.0396. The van der Waals surface area contributed by atoms with Crippen LogP contribution in [0, 0.1) is 17.6 Å². The van der Waals surface area contributed by atoms with E-state index in [1.807, 2.05) is 0 Å². The standard InChI is InChI=1S/C38H42F3N7O6/c1-7-53-35-26(39)14-22(18-44-35)27-16-25(34(49)47-38-12-10-23(11-13-38)48(20-38)36(50)54-37(2,3)4)30(40)31(45-27)28-19-43-33(32(41)46-28)42-17-21-8-9-24(51-5)15-29(21)52-6/h8-9,14-16,18-19,23H,7,10-13,17,20H2,1-6H3,(H,42,43)(H,47,49). The fraction of sp³-hybridized carbons (Fsp3) is 0.421. The van der Waals surface area contributed by atoms with Gasteiger partial charge in [-0.2, -0.15) is 4.39 Å². The topological polar surface area (TPSA) is 150 Å². The van der Waals surface area contributed by atoms with E-state index in [1.54, 1.807) is 50.8 Å². The summed E-state index contributed by atoms with van der Waals surface area (Å²) >= 11 is 0. The number of halogens is 3. The van der Waals surface area contributed by atoms with E-state index in [2.05, 4.69) is 30.6 Å². The second-order valence-electron chi connectivity index (χ2n) is 14.2. The van der Waals surface area contributed by atoms with Gasteiger partial charge in [0, 0.05) is 42.5 Å². The number of methoxy groups -OCH3 is 2. The van der Waals surface area contributed by atoms with E-state index in [-0.39, 0.29) is 54.4 Å². The maximum absolute atomic E-state index is 16.5. The number of hydrogen-bond donors (Lipinski definition) is 2. The van der Waals surface area contributed by atoms with Crippen molar-refractivity contribution in [3.05, 3.63) is 71.4 Å². The third kappa shape index (κ3) is 8.11. The molecule has 286 valence electrons. The summed E-state index contributed by atoms with van der Waals surface area (Å²) in [6.07, 6.45) is 4.24. The maximum Gasteiger partial charge on any atom is 0.410 e. The van der Waals surface area contributed by atoms with Crippen LogP contribution in [0.1, 0.15) is 69.3 Å². The number of amides is 2. The first-order valence-corrected chi connectivity index (χ1v) is 17.5. The minimum atomic E-state index is -1.10. The number of benzene rings is 1. The van der Waals surface area contributed by atoms with E-state index in [0.717, 1.165) is 12.3 Å². The smallest absolute Gasteiger partial charge is 0.410 e. The number of anilines is 1. The van der Waals surface area contributed by atoms with Crippen molar-refractivity contribution in [2.24, 2.45) is 0 Å². The molecule has 7 rings (SSSR count). The van der Waals surface area contributed by atoms with Gasteiger partial charge in [-0.1, -0.05) is 0 Å². The van der Waals surface area contributed by atoms with Gasteiger partial charge in [-0.05, 0) is 77.6 Å². The summed E-state index contributed by atoms with van der Waals surface area (Å²) in [5.41, 5.74) is -2.12. The lowest BCUT2D eigenvalue weighted by atomic mass is 9.73. The number of hydrogen-bond acceptors (Lipinski definition) is 11. The zero-order valence-corrected chi connectivity index (χ0v) is 30.9. The van der Waals surface area contributed by atoms with Crippen LogP contribution in [0.4, 0.5) is 23.8 Å². The SMILES string of the molecule is CCOc1ncc(-c2cc(C(=O)NC34CCC(CC3)N(C(=O)OC(C)(C)C)C4)c(F)c(-c3cnc(NCc4ccc(OC)cc4OC)c(F)n3)n2)cc1F. The van der Waals surface area contributed by atoms with Crippen molar-refractivity contribution in [1.82, 2.24) is 30.2 Å². The summed E-state index contributed by atoms with van der Waals surface area (Å²) in [6.45, 7) is 7.45. The number of nitrogens with zero attached hydrogens (tertiary/aromatic N) is 5. The van der Waals surface area contributed by atoms with E-state index < -0.39 is 52.0 Å². The molecule has 2 N–H and O–H groups in total. The van der Waals surface area contributed by atoms with Crippen LogP contribution in [0.25, 0.3) is 22.6 Å². The van der Waals surface area contributed by atoms with Crippen molar-refractivity contribution in [3.8, 4) is 40.0 Å². The van der Waals surface area contributed by atoms with Crippen molar-refractivity contribution in [2.75, 3.05) is 32.7 Å². The highest BCUT2D eigenvalue weighted by molar-refractivity contribution is 5.97. The lowest BCUT2D eigenvalue weighted by Crippen LogP contribution is -2.66. The molecule has 0 spiro atoms. The van der Waals surface area contributed by atoms with Crippen LogP contribution in [0.3, 0.4) is 0 Å². The fourth-order valence-corrected chi connectivity index (χ4v) is 6.68. The van der Waals surface area contributed by atoms with Crippen LogP contribution >= 0.6 is 0 Å². The first-order chi connectivity index (χ1) is 25.7. The summed E-state index contributed by atoms with van der Waals surface area (Å²) in [7, 11) is 3.02. The van der Waals surface area contributed by atoms with Crippen molar-refractivity contribution in [2.45, 2.75) is 77.1 Å². The maximum atomic E-state index is 16.5. The lowest BCUT2D eigenvalue weighted by molar-refractivity contribution is -0.0254. The molecule has 54 heavy (non-hydrogen) atoms. The molecule has 1 aliphatic carbocycles. The van der Waals surface area contributed by atoms with Gasteiger partial charge in [0.15, 0.2) is 17.5 Å². The third-order valence-corrected chi connectivity index (χ3v) is 9.33. The van der Waals surface area contributed by atoms with Crippen LogP contribution in [-0.2, 0) is 11.3 Å². The Bertz CT molecular complexity index is 2050. The van der Waals surface area contributed by atoms with E-state index in [4.69, 9.17) is 18.9 Å². The molecule has 1 aromatic carbocycles. The second kappa shape index (κ2) is 15.4. The third-order valence-electron chi connectivity index (χ3n) is 9.33. The molecule has 0 atom stereocenters. The average Bonchev–Trinajstić information content (AvgIpc) is 3.14. The summed E-state index contributed by atoms with van der Waals surface area (Å²) in [5, 5.41) is 5.85. The monoisotopic (exact) mass is 749 g/mol. The van der Waals surface area contributed by atoms with Gasteiger partial charge in [-0.3, -0.25) is 4.79 Å². The molecule has 2 aliphatic heterocycles. The molecule has 3 aliphatic rings. The Labute approximate surface area is 310 Å². The number of carbonyl (C=O) groups excluding carboxylic acids is 2. The molecule has 3 fully saturated rings. The van der Waals surface area contributed by atoms with Gasteiger partial charge >= 0.3 is 6.09 Å². The molecule has 13 nitrogen and oxygen atoms in total. The van der Waals surface area contributed by atoms with Gasteiger partial charge in [0.05, 0.1) is 43.8 Å². The van der Waals surface area contributed by atoms with Crippen LogP contribution in [0.2, 0.25) is 0 Å². The predicted molar refractivity (Wildman–Crippen MR) is 192 cm³/mol. The average molecular weight is 750 g/mol. The molecule has 5 heterocycles. The summed E-state index contributed by atoms with van der Waals surface area (Å²) in [4.78, 5) is 45.2. The Hall–Kier alpha value is -5.67. The number of carbonyl (C=O) groups is 2. The van der Waals surface area contributed by atoms with E-state index in [9.17, 15) is 14.0 Å². The Morgan fingerprint density at radius 3 is 2.39 bits per heavy atom. The van der Waals surface area contributed by atoms with Gasteiger partial charge in [-0.25, -0.2) is 33.5 Å². The number of nitrogens with one attached hydrogen (secondary N) is 2. The molecule has 4 aromatic rings. The first-order valence-electron chi connectivity index (χ1n) is 17.5. The molecule has 2 saturated heterocycles. The Balaban J connectivity index is 1.33. The second-order valence-corrected chi connectivity index (χ2v) is 14.2. The molecule has 2 bridgehead atoms. The van der Waals surface area contributed by atoms with Crippen molar-refractivity contribution < 1.29 is 41.7 Å². The normalized spacial score (nSPS) is 17.9. The molecule has 3 aromatic heterocycles. The molecule has 0 radical (unpaired) electrons. The van der Waals surface area contributed by atoms with Gasteiger partial charge in [-0.15, -0.1) is 0 Å². The van der Waals surface area contributed by atoms with E-state index >= 15 is 8.78 Å². The van der Waals surface area contributed by atoms with Crippen LogP contribution < -0.4 is 24.8 Å². The van der Waals surface area contributed by atoms with Crippen molar-refractivity contribution >= 4 is 17.8 Å². The molecule has 2 amide bonds. The number of aromatic nitrogens is 4. The van der Waals surface area contributed by atoms with Crippen molar-refractivity contribution in [3.63, 3.8) is 0 Å². The number of fused-ring (bicyclic) bond motifs is 3.